The number of rotatable bonds is 6. The maximum atomic E-state index is 11.4. The van der Waals surface area contributed by atoms with Gasteiger partial charge < -0.3 is 15.0 Å². The minimum absolute atomic E-state index is 0.0129. The molecule has 0 aliphatic rings. The molecule has 2 N–H and O–H groups in total. The molecule has 0 saturated carbocycles. The Kier molecular flexibility index (Phi) is 4.34. The monoisotopic (exact) mass is 275 g/mol. The van der Waals surface area contributed by atoms with Crippen molar-refractivity contribution in [3.63, 3.8) is 0 Å². The Hall–Kier alpha value is -2.37. The standard InChI is InChI=1S/C14H17N3O3/c1-10-16-11-4-2-3-5-12(11)17(10)9-8-15-13(18)6-7-14(19)20/h2-5H,6-9H2,1H3,(H,15,18)(H,19,20). The minimum atomic E-state index is -0.961. The van der Waals surface area contributed by atoms with Crippen LogP contribution in [-0.4, -0.2) is 33.1 Å². The Balaban J connectivity index is 1.91. The summed E-state index contributed by atoms with van der Waals surface area (Å²) in [5.74, 6) is -0.308. The third-order valence-electron chi connectivity index (χ3n) is 3.07. The number of carbonyl (C=O) groups excluding carboxylic acids is 1. The molecule has 6 nitrogen and oxygen atoms in total. The predicted molar refractivity (Wildman–Crippen MR) is 74.3 cm³/mol. The molecule has 106 valence electrons. The highest BCUT2D eigenvalue weighted by atomic mass is 16.4. The molecule has 1 amide bonds. The molecule has 1 heterocycles. The van der Waals surface area contributed by atoms with Crippen LogP contribution in [0.2, 0.25) is 0 Å². The number of aryl methyl sites for hydroxylation is 1. The van der Waals surface area contributed by atoms with E-state index in [0.29, 0.717) is 13.1 Å². The molecule has 2 aromatic rings. The van der Waals surface area contributed by atoms with Crippen molar-refractivity contribution >= 4 is 22.9 Å². The summed E-state index contributed by atoms with van der Waals surface area (Å²) >= 11 is 0. The average Bonchev–Trinajstić information content (AvgIpc) is 2.73. The smallest absolute Gasteiger partial charge is 0.303 e. The first-order valence-corrected chi connectivity index (χ1v) is 6.48. The van der Waals surface area contributed by atoms with E-state index < -0.39 is 5.97 Å². The number of carboxylic acid groups (broad SMARTS) is 1. The highest BCUT2D eigenvalue weighted by molar-refractivity contribution is 5.80. The first kappa shape index (κ1) is 14.0. The number of aromatic nitrogens is 2. The fraction of sp³-hybridized carbons (Fsp3) is 0.357. The predicted octanol–water partition coefficient (Wildman–Crippen LogP) is 1.33. The lowest BCUT2D eigenvalue weighted by Gasteiger charge is -2.08. The third kappa shape index (κ3) is 3.34. The van der Waals surface area contributed by atoms with Crippen LogP contribution in [0.15, 0.2) is 24.3 Å². The first-order valence-electron chi connectivity index (χ1n) is 6.48. The molecule has 0 fully saturated rings. The summed E-state index contributed by atoms with van der Waals surface area (Å²) in [5.41, 5.74) is 1.96. The summed E-state index contributed by atoms with van der Waals surface area (Å²) in [6.45, 7) is 3.00. The van der Waals surface area contributed by atoms with Gasteiger partial charge in [0.15, 0.2) is 0 Å². The third-order valence-corrected chi connectivity index (χ3v) is 3.07. The molecule has 1 aromatic heterocycles. The van der Waals surface area contributed by atoms with Crippen LogP contribution in [0.5, 0.6) is 0 Å². The quantitative estimate of drug-likeness (QED) is 0.833. The number of benzene rings is 1. The second-order valence-corrected chi connectivity index (χ2v) is 4.54. The number of nitrogens with zero attached hydrogens (tertiary/aromatic N) is 2. The number of carbonyl (C=O) groups is 2. The van der Waals surface area contributed by atoms with Gasteiger partial charge in [-0.1, -0.05) is 12.1 Å². The van der Waals surface area contributed by atoms with Gasteiger partial charge in [-0.15, -0.1) is 0 Å². The Morgan fingerprint density at radius 2 is 2.05 bits per heavy atom. The van der Waals surface area contributed by atoms with Gasteiger partial charge in [0.25, 0.3) is 0 Å². The molecular formula is C14H17N3O3. The van der Waals surface area contributed by atoms with E-state index in [1.54, 1.807) is 0 Å². The number of aliphatic carboxylic acids is 1. The fourth-order valence-corrected chi connectivity index (χ4v) is 2.09. The van der Waals surface area contributed by atoms with E-state index in [4.69, 9.17) is 5.11 Å². The molecule has 1 aromatic carbocycles. The lowest BCUT2D eigenvalue weighted by molar-refractivity contribution is -0.138. The molecule has 0 bridgehead atoms. The van der Waals surface area contributed by atoms with Crippen LogP contribution < -0.4 is 5.32 Å². The molecule has 0 aliphatic heterocycles. The molecule has 0 atom stereocenters. The zero-order valence-electron chi connectivity index (χ0n) is 11.3. The largest absolute Gasteiger partial charge is 0.481 e. The highest BCUT2D eigenvalue weighted by Crippen LogP contribution is 2.14. The SMILES string of the molecule is Cc1nc2ccccc2n1CCNC(=O)CCC(=O)O. The number of para-hydroxylation sites is 2. The molecule has 0 aliphatic carbocycles. The molecule has 20 heavy (non-hydrogen) atoms. The van der Waals surface area contributed by atoms with Crippen LogP contribution in [0.3, 0.4) is 0 Å². The Labute approximate surface area is 116 Å². The second kappa shape index (κ2) is 6.18. The molecule has 2 rings (SSSR count). The van der Waals surface area contributed by atoms with Crippen molar-refractivity contribution in [3.8, 4) is 0 Å². The van der Waals surface area contributed by atoms with Crippen LogP contribution in [0, 0.1) is 6.92 Å². The van der Waals surface area contributed by atoms with Gasteiger partial charge in [0.05, 0.1) is 17.5 Å². The normalized spacial score (nSPS) is 10.7. The number of hydrogen-bond acceptors (Lipinski definition) is 3. The number of nitrogens with one attached hydrogen (secondary N) is 1. The zero-order valence-corrected chi connectivity index (χ0v) is 11.3. The molecule has 0 spiro atoms. The van der Waals surface area contributed by atoms with Crippen molar-refractivity contribution in [3.05, 3.63) is 30.1 Å². The molecule has 0 radical (unpaired) electrons. The van der Waals surface area contributed by atoms with Crippen molar-refractivity contribution in [1.29, 1.82) is 0 Å². The summed E-state index contributed by atoms with van der Waals surface area (Å²) in [5, 5.41) is 11.2. The molecular weight excluding hydrogens is 258 g/mol. The molecule has 6 heteroatoms. The van der Waals surface area contributed by atoms with Gasteiger partial charge in [-0.25, -0.2) is 4.98 Å². The van der Waals surface area contributed by atoms with Crippen LogP contribution >= 0.6 is 0 Å². The van der Waals surface area contributed by atoms with Gasteiger partial charge in [0.2, 0.25) is 5.91 Å². The highest BCUT2D eigenvalue weighted by Gasteiger charge is 2.08. The lowest BCUT2D eigenvalue weighted by atomic mass is 10.3. The minimum Gasteiger partial charge on any atom is -0.481 e. The van der Waals surface area contributed by atoms with Crippen LogP contribution in [0.25, 0.3) is 11.0 Å². The van der Waals surface area contributed by atoms with Crippen molar-refractivity contribution in [2.75, 3.05) is 6.54 Å². The molecule has 0 unspecified atom stereocenters. The van der Waals surface area contributed by atoms with Crippen LogP contribution in [-0.2, 0) is 16.1 Å². The van der Waals surface area contributed by atoms with Gasteiger partial charge in [-0.2, -0.15) is 0 Å². The number of amides is 1. The Morgan fingerprint density at radius 3 is 2.80 bits per heavy atom. The van der Waals surface area contributed by atoms with Gasteiger partial charge in [-0.3, -0.25) is 9.59 Å². The zero-order chi connectivity index (χ0) is 14.5. The van der Waals surface area contributed by atoms with Crippen molar-refractivity contribution < 1.29 is 14.7 Å². The number of carboxylic acids is 1. The van der Waals surface area contributed by atoms with E-state index >= 15 is 0 Å². The topological polar surface area (TPSA) is 84.2 Å². The summed E-state index contributed by atoms with van der Waals surface area (Å²) in [6, 6.07) is 7.82. The summed E-state index contributed by atoms with van der Waals surface area (Å²) < 4.78 is 2.03. The first-order chi connectivity index (χ1) is 9.58. The summed E-state index contributed by atoms with van der Waals surface area (Å²) in [7, 11) is 0. The van der Waals surface area contributed by atoms with Gasteiger partial charge in [0, 0.05) is 19.5 Å². The summed E-state index contributed by atoms with van der Waals surface area (Å²) in [4.78, 5) is 26.2. The lowest BCUT2D eigenvalue weighted by Crippen LogP contribution is -2.27. The van der Waals surface area contributed by atoms with E-state index in [1.807, 2.05) is 35.8 Å². The maximum Gasteiger partial charge on any atom is 0.303 e. The van der Waals surface area contributed by atoms with E-state index in [1.165, 1.54) is 0 Å². The fourth-order valence-electron chi connectivity index (χ4n) is 2.09. The van der Waals surface area contributed by atoms with Crippen LogP contribution in [0.4, 0.5) is 0 Å². The summed E-state index contributed by atoms with van der Waals surface area (Å²) in [6.07, 6.45) is -0.127. The Morgan fingerprint density at radius 1 is 1.30 bits per heavy atom. The van der Waals surface area contributed by atoms with Crippen LogP contribution in [0.1, 0.15) is 18.7 Å². The van der Waals surface area contributed by atoms with E-state index in [0.717, 1.165) is 16.9 Å². The number of fused-ring (bicyclic) bond motifs is 1. The second-order valence-electron chi connectivity index (χ2n) is 4.54. The van der Waals surface area contributed by atoms with Crippen molar-refractivity contribution in [2.45, 2.75) is 26.3 Å². The van der Waals surface area contributed by atoms with Crippen molar-refractivity contribution in [1.82, 2.24) is 14.9 Å². The maximum absolute atomic E-state index is 11.4. The Bertz CT molecular complexity index is 634. The van der Waals surface area contributed by atoms with E-state index in [2.05, 4.69) is 10.3 Å². The number of hydrogen-bond donors (Lipinski definition) is 2. The molecule has 0 saturated heterocycles. The van der Waals surface area contributed by atoms with E-state index in [9.17, 15) is 9.59 Å². The average molecular weight is 275 g/mol. The van der Waals surface area contributed by atoms with Gasteiger partial charge in [0.1, 0.15) is 5.82 Å². The van der Waals surface area contributed by atoms with Crippen molar-refractivity contribution in [2.24, 2.45) is 0 Å². The van der Waals surface area contributed by atoms with E-state index in [-0.39, 0.29) is 18.7 Å². The number of imidazole rings is 1. The van der Waals surface area contributed by atoms with Gasteiger partial charge >= 0.3 is 5.97 Å². The van der Waals surface area contributed by atoms with Gasteiger partial charge in [-0.05, 0) is 19.1 Å².